The molecule has 0 aromatic carbocycles. The normalized spacial score (nSPS) is 10.4. The molecule has 0 saturated heterocycles. The van der Waals surface area contributed by atoms with Gasteiger partial charge in [-0.3, -0.25) is 10.1 Å². The van der Waals surface area contributed by atoms with Crippen molar-refractivity contribution in [2.45, 2.75) is 19.9 Å². The minimum absolute atomic E-state index is 0.0229. The summed E-state index contributed by atoms with van der Waals surface area (Å²) in [5.41, 5.74) is -0.413. The van der Waals surface area contributed by atoms with Gasteiger partial charge in [-0.15, -0.1) is 0 Å². The number of hydrogen-bond acceptors (Lipinski definition) is 5. The molecule has 17 heavy (non-hydrogen) atoms. The molecule has 1 rings (SSSR count). The molecule has 1 aromatic heterocycles. The van der Waals surface area contributed by atoms with E-state index in [1.165, 1.54) is 0 Å². The van der Waals surface area contributed by atoms with Crippen molar-refractivity contribution in [3.63, 3.8) is 0 Å². The third kappa shape index (κ3) is 2.68. The molecule has 0 atom stereocenters. The lowest BCUT2D eigenvalue weighted by atomic mass is 10.2. The molecule has 0 aliphatic carbocycles. The SMILES string of the molecule is CC(C)N(C)c1nc(C(=O)O)ccc1[N+](=O)[O-]. The van der Waals surface area contributed by atoms with Crippen molar-refractivity contribution in [3.05, 3.63) is 27.9 Å². The molecule has 0 bridgehead atoms. The number of rotatable bonds is 4. The summed E-state index contributed by atoms with van der Waals surface area (Å²) in [5, 5.41) is 19.6. The quantitative estimate of drug-likeness (QED) is 0.632. The Morgan fingerprint density at radius 2 is 2.12 bits per heavy atom. The topological polar surface area (TPSA) is 96.6 Å². The van der Waals surface area contributed by atoms with Crippen molar-refractivity contribution < 1.29 is 14.8 Å². The van der Waals surface area contributed by atoms with E-state index in [-0.39, 0.29) is 23.2 Å². The Balaban J connectivity index is 3.35. The maximum absolute atomic E-state index is 10.8. The number of carboxylic acids is 1. The standard InChI is InChI=1S/C10H13N3O4/c1-6(2)12(3)9-8(13(16)17)5-4-7(11-9)10(14)15/h4-6H,1-3H3,(H,14,15). The van der Waals surface area contributed by atoms with Gasteiger partial charge < -0.3 is 10.0 Å². The van der Waals surface area contributed by atoms with Crippen LogP contribution < -0.4 is 4.90 Å². The molecule has 0 aliphatic rings. The van der Waals surface area contributed by atoms with Crippen LogP contribution in [0.15, 0.2) is 12.1 Å². The second-order valence-electron chi connectivity index (χ2n) is 3.81. The molecule has 0 spiro atoms. The second-order valence-corrected chi connectivity index (χ2v) is 3.81. The zero-order chi connectivity index (χ0) is 13.2. The van der Waals surface area contributed by atoms with E-state index in [9.17, 15) is 14.9 Å². The fourth-order valence-electron chi connectivity index (χ4n) is 1.21. The van der Waals surface area contributed by atoms with Crippen LogP contribution in [0, 0.1) is 10.1 Å². The molecular formula is C10H13N3O4. The van der Waals surface area contributed by atoms with Crippen molar-refractivity contribution in [1.82, 2.24) is 4.98 Å². The largest absolute Gasteiger partial charge is 0.477 e. The van der Waals surface area contributed by atoms with Gasteiger partial charge in [0.15, 0.2) is 5.69 Å². The number of pyridine rings is 1. The van der Waals surface area contributed by atoms with Crippen molar-refractivity contribution in [3.8, 4) is 0 Å². The first-order valence-electron chi connectivity index (χ1n) is 4.96. The van der Waals surface area contributed by atoms with Crippen molar-refractivity contribution in [2.24, 2.45) is 0 Å². The van der Waals surface area contributed by atoms with E-state index in [2.05, 4.69) is 4.98 Å². The Hall–Kier alpha value is -2.18. The molecule has 0 fully saturated rings. The maximum atomic E-state index is 10.8. The second kappa shape index (κ2) is 4.77. The number of carbonyl (C=O) groups is 1. The van der Waals surface area contributed by atoms with Crippen LogP contribution in [-0.2, 0) is 0 Å². The lowest BCUT2D eigenvalue weighted by Crippen LogP contribution is -2.28. The highest BCUT2D eigenvalue weighted by Gasteiger charge is 2.22. The van der Waals surface area contributed by atoms with Gasteiger partial charge in [-0.05, 0) is 19.9 Å². The van der Waals surface area contributed by atoms with E-state index in [0.29, 0.717) is 0 Å². The average Bonchev–Trinajstić information content (AvgIpc) is 2.26. The third-order valence-corrected chi connectivity index (χ3v) is 2.38. The number of aromatic carboxylic acids is 1. The summed E-state index contributed by atoms with van der Waals surface area (Å²) in [6, 6.07) is 2.26. The van der Waals surface area contributed by atoms with Crippen LogP contribution in [0.25, 0.3) is 0 Å². The zero-order valence-electron chi connectivity index (χ0n) is 9.75. The van der Waals surface area contributed by atoms with E-state index in [0.717, 1.165) is 12.1 Å². The molecule has 1 aromatic rings. The minimum atomic E-state index is -1.21. The van der Waals surface area contributed by atoms with Crippen LogP contribution in [0.2, 0.25) is 0 Å². The highest BCUT2D eigenvalue weighted by atomic mass is 16.6. The number of anilines is 1. The number of aromatic nitrogens is 1. The van der Waals surface area contributed by atoms with Crippen LogP contribution in [0.1, 0.15) is 24.3 Å². The third-order valence-electron chi connectivity index (χ3n) is 2.38. The van der Waals surface area contributed by atoms with Gasteiger partial charge in [0.2, 0.25) is 5.82 Å². The molecule has 0 amide bonds. The molecular weight excluding hydrogens is 226 g/mol. The van der Waals surface area contributed by atoms with E-state index in [1.807, 2.05) is 13.8 Å². The van der Waals surface area contributed by atoms with Crippen LogP contribution >= 0.6 is 0 Å². The predicted molar refractivity (Wildman–Crippen MR) is 61.4 cm³/mol. The Morgan fingerprint density at radius 3 is 2.53 bits per heavy atom. The molecule has 1 heterocycles. The number of nitro groups is 1. The number of nitrogens with zero attached hydrogens (tertiary/aromatic N) is 3. The van der Waals surface area contributed by atoms with Crippen LogP contribution in [0.3, 0.4) is 0 Å². The van der Waals surface area contributed by atoms with E-state index < -0.39 is 10.9 Å². The van der Waals surface area contributed by atoms with E-state index >= 15 is 0 Å². The fourth-order valence-corrected chi connectivity index (χ4v) is 1.21. The number of hydrogen-bond donors (Lipinski definition) is 1. The molecule has 0 radical (unpaired) electrons. The summed E-state index contributed by atoms with van der Waals surface area (Å²) >= 11 is 0. The molecule has 0 aliphatic heterocycles. The smallest absolute Gasteiger partial charge is 0.354 e. The Labute approximate surface area is 97.8 Å². The van der Waals surface area contributed by atoms with Crippen molar-refractivity contribution in [2.75, 3.05) is 11.9 Å². The summed E-state index contributed by atoms with van der Waals surface area (Å²) in [5.74, 6) is -1.15. The summed E-state index contributed by atoms with van der Waals surface area (Å²) in [6.07, 6.45) is 0. The lowest BCUT2D eigenvalue weighted by Gasteiger charge is -2.22. The Morgan fingerprint density at radius 1 is 1.53 bits per heavy atom. The average molecular weight is 239 g/mol. The lowest BCUT2D eigenvalue weighted by molar-refractivity contribution is -0.384. The number of carboxylic acid groups (broad SMARTS) is 1. The molecule has 92 valence electrons. The first-order chi connectivity index (χ1) is 7.84. The highest BCUT2D eigenvalue weighted by Crippen LogP contribution is 2.26. The zero-order valence-corrected chi connectivity index (χ0v) is 9.75. The van der Waals surface area contributed by atoms with E-state index in [4.69, 9.17) is 5.11 Å². The summed E-state index contributed by atoms with van der Waals surface area (Å²) in [6.45, 7) is 3.66. The molecule has 0 unspecified atom stereocenters. The van der Waals surface area contributed by atoms with Crippen LogP contribution in [0.4, 0.5) is 11.5 Å². The van der Waals surface area contributed by atoms with Gasteiger partial charge in [-0.1, -0.05) is 0 Å². The molecule has 1 N–H and O–H groups in total. The van der Waals surface area contributed by atoms with Crippen molar-refractivity contribution >= 4 is 17.5 Å². The summed E-state index contributed by atoms with van der Waals surface area (Å²) in [7, 11) is 1.63. The van der Waals surface area contributed by atoms with Gasteiger partial charge in [0.1, 0.15) is 0 Å². The molecule has 0 saturated carbocycles. The Bertz CT molecular complexity index is 459. The van der Waals surface area contributed by atoms with Crippen LogP contribution in [0.5, 0.6) is 0 Å². The highest BCUT2D eigenvalue weighted by molar-refractivity contribution is 5.86. The molecule has 7 nitrogen and oxygen atoms in total. The summed E-state index contributed by atoms with van der Waals surface area (Å²) in [4.78, 5) is 26.4. The van der Waals surface area contributed by atoms with Gasteiger partial charge >= 0.3 is 11.7 Å². The van der Waals surface area contributed by atoms with Gasteiger partial charge in [-0.25, -0.2) is 9.78 Å². The van der Waals surface area contributed by atoms with E-state index in [1.54, 1.807) is 11.9 Å². The van der Waals surface area contributed by atoms with Gasteiger partial charge in [0, 0.05) is 19.2 Å². The first kappa shape index (κ1) is 12.9. The van der Waals surface area contributed by atoms with Crippen molar-refractivity contribution in [1.29, 1.82) is 0 Å². The van der Waals surface area contributed by atoms with Gasteiger partial charge in [0.25, 0.3) is 0 Å². The van der Waals surface area contributed by atoms with Crippen LogP contribution in [-0.4, -0.2) is 34.1 Å². The summed E-state index contributed by atoms with van der Waals surface area (Å²) < 4.78 is 0. The first-order valence-corrected chi connectivity index (χ1v) is 4.96. The molecule has 7 heteroatoms. The minimum Gasteiger partial charge on any atom is -0.477 e. The Kier molecular flexibility index (Phi) is 3.62. The maximum Gasteiger partial charge on any atom is 0.354 e. The van der Waals surface area contributed by atoms with Gasteiger partial charge in [-0.2, -0.15) is 0 Å². The van der Waals surface area contributed by atoms with Gasteiger partial charge in [0.05, 0.1) is 4.92 Å². The predicted octanol–water partition coefficient (Wildman–Crippen LogP) is 1.53. The fraction of sp³-hybridized carbons (Fsp3) is 0.400. The monoisotopic (exact) mass is 239 g/mol.